The molecule has 0 heterocycles. The number of fused-ring (bicyclic) bond motifs is 2. The van der Waals surface area contributed by atoms with Gasteiger partial charge in [0, 0.05) is 0 Å². The summed E-state index contributed by atoms with van der Waals surface area (Å²) in [5.74, 6) is 0. The largest absolute Gasteiger partial charge is 0.114 e. The van der Waals surface area contributed by atoms with Gasteiger partial charge in [-0.2, -0.15) is 0 Å². The monoisotopic (exact) mass is 590 g/mol. The fourth-order valence-electron chi connectivity index (χ4n) is 7.73. The molecule has 9 aromatic carbocycles. The van der Waals surface area contributed by atoms with Crippen LogP contribution in [0.1, 0.15) is 5.56 Å². The Kier molecular flexibility index (Phi) is 6.34. The minimum atomic E-state index is 0.779. The van der Waals surface area contributed by atoms with Crippen molar-refractivity contribution in [2.75, 3.05) is 0 Å². The first-order chi connectivity index (χ1) is 23.1. The lowest BCUT2D eigenvalue weighted by atomic mass is 9.76. The number of benzene rings is 9. The van der Waals surface area contributed by atoms with Crippen LogP contribution in [0.3, 0.4) is 0 Å². The molecule has 0 aromatic heterocycles. The average molecular weight is 590 g/mol. The lowest BCUT2D eigenvalue weighted by molar-refractivity contribution is 1.55. The molecule has 0 nitrogen and oxygen atoms in total. The molecule has 9 aromatic rings. The normalized spacial score (nSPS) is 11.7. The minimum absolute atomic E-state index is 0.779. The Morgan fingerprint density at radius 3 is 1.57 bits per heavy atom. The van der Waals surface area contributed by atoms with E-state index < -0.39 is 0 Å². The van der Waals surface area contributed by atoms with E-state index >= 15 is 0 Å². The highest BCUT2D eigenvalue weighted by molar-refractivity contribution is 6.48. The summed E-state index contributed by atoms with van der Waals surface area (Å²) in [6.45, 7) is 2.16. The van der Waals surface area contributed by atoms with Crippen LogP contribution in [0.15, 0.2) is 152 Å². The summed E-state index contributed by atoms with van der Waals surface area (Å²) in [6, 6.07) is 54.2. The quantitative estimate of drug-likeness (QED) is 0.109. The van der Waals surface area contributed by atoms with Gasteiger partial charge in [0.05, 0.1) is 0 Å². The second-order valence-corrected chi connectivity index (χ2v) is 12.5. The maximum Gasteiger partial charge on any atom is 0.114 e. The molecule has 0 aliphatic rings. The topological polar surface area (TPSA) is 0 Å². The predicted molar refractivity (Wildman–Crippen MR) is 205 cm³/mol. The third-order valence-corrected chi connectivity index (χ3v) is 9.86. The second kappa shape index (κ2) is 10.7. The highest BCUT2D eigenvalue weighted by atomic mass is 14.2. The summed E-state index contributed by atoms with van der Waals surface area (Å²) < 4.78 is 0. The Morgan fingerprint density at radius 2 is 0.872 bits per heavy atom. The van der Waals surface area contributed by atoms with E-state index in [1.165, 1.54) is 71.3 Å². The lowest BCUT2D eigenvalue weighted by Gasteiger charge is -2.23. The number of rotatable bonds is 4. The summed E-state index contributed by atoms with van der Waals surface area (Å²) in [6.07, 6.45) is 0. The van der Waals surface area contributed by atoms with Gasteiger partial charge in [0.15, 0.2) is 0 Å². The molecule has 9 rings (SSSR count). The molecule has 0 bridgehead atoms. The van der Waals surface area contributed by atoms with Crippen LogP contribution in [0, 0.1) is 6.92 Å². The smallest absolute Gasteiger partial charge is 0.0889 e. The molecule has 0 fully saturated rings. The Bertz CT molecular complexity index is 2620. The summed E-state index contributed by atoms with van der Waals surface area (Å²) in [5, 5.41) is 9.37. The molecule has 2 heteroatoms. The van der Waals surface area contributed by atoms with Gasteiger partial charge in [0.25, 0.3) is 0 Å². The van der Waals surface area contributed by atoms with Gasteiger partial charge in [0.2, 0.25) is 0 Å². The van der Waals surface area contributed by atoms with E-state index in [0.717, 1.165) is 32.8 Å². The van der Waals surface area contributed by atoms with Crippen LogP contribution >= 0.6 is 0 Å². The summed E-state index contributed by atoms with van der Waals surface area (Å²) in [4.78, 5) is 0. The SMILES string of the molecule is [B]c1ccc2c3c(-c4ccccc4)cc([B])c4c(C)ccc(c5c(-c6cc(-c7ccccc7)ccc6-c6ccccc6)ccc1c25)c43. The zero-order valence-electron chi connectivity index (χ0n) is 26.1. The molecule has 0 saturated heterocycles. The molecule has 0 aliphatic heterocycles. The Hall–Kier alpha value is -5.59. The van der Waals surface area contributed by atoms with Crippen molar-refractivity contribution in [2.45, 2.75) is 6.92 Å². The zero-order chi connectivity index (χ0) is 31.6. The van der Waals surface area contributed by atoms with Gasteiger partial charge in [0.1, 0.15) is 15.7 Å². The van der Waals surface area contributed by atoms with Gasteiger partial charge in [-0.3, -0.25) is 0 Å². The van der Waals surface area contributed by atoms with E-state index in [0.29, 0.717) is 0 Å². The van der Waals surface area contributed by atoms with Gasteiger partial charge in [-0.1, -0.05) is 157 Å². The fraction of sp³-hybridized carbons (Fsp3) is 0.0222. The first-order valence-electron chi connectivity index (χ1n) is 16.1. The molecule has 0 saturated carbocycles. The Balaban J connectivity index is 1.50. The highest BCUT2D eigenvalue weighted by Gasteiger charge is 2.22. The molecule has 0 atom stereocenters. The highest BCUT2D eigenvalue weighted by Crippen LogP contribution is 2.48. The Labute approximate surface area is 277 Å². The van der Waals surface area contributed by atoms with Crippen molar-refractivity contribution >= 4 is 69.7 Å². The van der Waals surface area contributed by atoms with Crippen LogP contribution < -0.4 is 10.9 Å². The molecule has 0 aliphatic carbocycles. The molecule has 214 valence electrons. The second-order valence-electron chi connectivity index (χ2n) is 12.5. The number of aryl methyl sites for hydroxylation is 1. The summed E-state index contributed by atoms with van der Waals surface area (Å²) in [7, 11) is 13.7. The molecule has 0 N–H and O–H groups in total. The molecule has 0 unspecified atom stereocenters. The van der Waals surface area contributed by atoms with Gasteiger partial charge in [-0.25, -0.2) is 0 Å². The standard InChI is InChI=1S/C45H28B2/c1-27-17-19-36-42-33(38-25-31(28-11-5-2-6-12-28)18-20-32(38)29-13-7-3-8-14-29)21-22-34-39(46)24-23-35(43(34)42)44-37(30-15-9-4-10-16-30)26-40(47)41(27)45(36)44/h2-26H,1H3. The zero-order valence-corrected chi connectivity index (χ0v) is 26.1. The van der Waals surface area contributed by atoms with Crippen molar-refractivity contribution in [3.05, 3.63) is 157 Å². The maximum absolute atomic E-state index is 6.97. The first-order valence-corrected chi connectivity index (χ1v) is 16.1. The summed E-state index contributed by atoms with van der Waals surface area (Å²) >= 11 is 0. The van der Waals surface area contributed by atoms with Gasteiger partial charge in [-0.05, 0) is 106 Å². The van der Waals surface area contributed by atoms with Crippen molar-refractivity contribution < 1.29 is 0 Å². The molecule has 0 spiro atoms. The van der Waals surface area contributed by atoms with Crippen molar-refractivity contribution in [1.29, 1.82) is 0 Å². The van der Waals surface area contributed by atoms with Crippen molar-refractivity contribution in [2.24, 2.45) is 0 Å². The fourth-order valence-corrected chi connectivity index (χ4v) is 7.73. The first kappa shape index (κ1) is 27.7. The van der Waals surface area contributed by atoms with E-state index in [1.807, 2.05) is 0 Å². The van der Waals surface area contributed by atoms with Crippen LogP contribution in [0.5, 0.6) is 0 Å². The van der Waals surface area contributed by atoms with Crippen LogP contribution in [0.2, 0.25) is 0 Å². The van der Waals surface area contributed by atoms with Gasteiger partial charge in [-0.15, -0.1) is 0 Å². The molecule has 47 heavy (non-hydrogen) atoms. The van der Waals surface area contributed by atoms with Crippen LogP contribution in [-0.2, 0) is 0 Å². The van der Waals surface area contributed by atoms with Crippen molar-refractivity contribution in [3.63, 3.8) is 0 Å². The van der Waals surface area contributed by atoms with E-state index in [9.17, 15) is 0 Å². The molecule has 0 amide bonds. The van der Waals surface area contributed by atoms with Crippen molar-refractivity contribution in [1.82, 2.24) is 0 Å². The molecular weight excluding hydrogens is 562 g/mol. The number of hydrogen-bond donors (Lipinski definition) is 0. The third kappa shape index (κ3) is 4.25. The van der Waals surface area contributed by atoms with Gasteiger partial charge < -0.3 is 0 Å². The Morgan fingerprint density at radius 1 is 0.319 bits per heavy atom. The van der Waals surface area contributed by atoms with Crippen LogP contribution in [0.25, 0.3) is 87.6 Å². The molecule has 4 radical (unpaired) electrons. The van der Waals surface area contributed by atoms with Crippen LogP contribution in [-0.4, -0.2) is 15.7 Å². The van der Waals surface area contributed by atoms with Crippen molar-refractivity contribution in [3.8, 4) is 44.5 Å². The van der Waals surface area contributed by atoms with Gasteiger partial charge >= 0.3 is 0 Å². The summed E-state index contributed by atoms with van der Waals surface area (Å²) in [5.41, 5.74) is 12.2. The molecular formula is C45H28B2. The lowest BCUT2D eigenvalue weighted by Crippen LogP contribution is -2.09. The maximum atomic E-state index is 6.97. The predicted octanol–water partition coefficient (Wildman–Crippen LogP) is 10.3. The van der Waals surface area contributed by atoms with E-state index in [1.54, 1.807) is 0 Å². The van der Waals surface area contributed by atoms with E-state index in [2.05, 4.69) is 159 Å². The number of hydrogen-bond acceptors (Lipinski definition) is 0. The minimum Gasteiger partial charge on any atom is -0.0889 e. The third-order valence-electron chi connectivity index (χ3n) is 9.86. The van der Waals surface area contributed by atoms with E-state index in [4.69, 9.17) is 15.7 Å². The van der Waals surface area contributed by atoms with E-state index in [-0.39, 0.29) is 0 Å². The average Bonchev–Trinajstić information content (AvgIpc) is 3.12. The van der Waals surface area contributed by atoms with Crippen LogP contribution in [0.4, 0.5) is 0 Å².